The fraction of sp³-hybridized carbons (Fsp3) is 0.350. The Morgan fingerprint density at radius 2 is 1.88 bits per heavy atom. The van der Waals surface area contributed by atoms with Crippen molar-refractivity contribution in [3.63, 3.8) is 0 Å². The Balaban J connectivity index is 1.61. The summed E-state index contributed by atoms with van der Waals surface area (Å²) in [6, 6.07) is 15.9. The van der Waals surface area contributed by atoms with Gasteiger partial charge in [0.2, 0.25) is 5.91 Å². The van der Waals surface area contributed by atoms with Gasteiger partial charge in [0, 0.05) is 24.5 Å². The molecule has 3 rings (SSSR count). The number of nitrogens with two attached hydrogens (primary N) is 1. The third-order valence-corrected chi connectivity index (χ3v) is 4.56. The Hall–Kier alpha value is -2.49. The number of rotatable bonds is 5. The summed E-state index contributed by atoms with van der Waals surface area (Å²) >= 11 is 0. The number of benzene rings is 2. The lowest BCUT2D eigenvalue weighted by atomic mass is 10.1. The lowest BCUT2D eigenvalue weighted by molar-refractivity contribution is -0.121. The van der Waals surface area contributed by atoms with E-state index in [1.165, 1.54) is 18.5 Å². The molecule has 0 aromatic heterocycles. The average Bonchev–Trinajstić information content (AvgIpc) is 3.11. The topological polar surface area (TPSA) is 58.4 Å². The molecule has 1 saturated heterocycles. The number of carbonyl (C=O) groups is 1. The molecule has 0 spiro atoms. The van der Waals surface area contributed by atoms with E-state index < -0.39 is 0 Å². The second-order valence-electron chi connectivity index (χ2n) is 6.50. The van der Waals surface area contributed by atoms with Crippen LogP contribution in [0.2, 0.25) is 0 Å². The number of anilines is 2. The lowest BCUT2D eigenvalue weighted by Crippen LogP contribution is -2.28. The smallest absolute Gasteiger partial charge is 0.224 e. The van der Waals surface area contributed by atoms with Crippen LogP contribution in [0.4, 0.5) is 11.4 Å². The van der Waals surface area contributed by atoms with Crippen molar-refractivity contribution in [2.75, 3.05) is 23.7 Å². The van der Waals surface area contributed by atoms with Gasteiger partial charge in [-0.15, -0.1) is 0 Å². The maximum Gasteiger partial charge on any atom is 0.224 e. The van der Waals surface area contributed by atoms with E-state index in [9.17, 15) is 4.79 Å². The molecule has 1 amide bonds. The zero-order valence-electron chi connectivity index (χ0n) is 14.2. The maximum absolute atomic E-state index is 12.3. The zero-order chi connectivity index (χ0) is 16.9. The molecule has 126 valence electrons. The van der Waals surface area contributed by atoms with E-state index in [4.69, 9.17) is 5.73 Å². The highest BCUT2D eigenvalue weighted by Gasteiger charge is 2.15. The minimum absolute atomic E-state index is 0.00571. The predicted molar refractivity (Wildman–Crippen MR) is 99.0 cm³/mol. The summed E-state index contributed by atoms with van der Waals surface area (Å²) in [6.45, 7) is 4.28. The lowest BCUT2D eigenvalue weighted by Gasteiger charge is -2.20. The Labute approximate surface area is 143 Å². The highest BCUT2D eigenvalue weighted by molar-refractivity contribution is 5.79. The molecule has 0 saturated carbocycles. The van der Waals surface area contributed by atoms with Gasteiger partial charge in [-0.2, -0.15) is 0 Å². The van der Waals surface area contributed by atoms with Gasteiger partial charge in [-0.3, -0.25) is 4.79 Å². The van der Waals surface area contributed by atoms with Crippen LogP contribution >= 0.6 is 0 Å². The minimum atomic E-state index is -0.00571. The summed E-state index contributed by atoms with van der Waals surface area (Å²) in [6.07, 6.45) is 2.90. The molecule has 1 fully saturated rings. The first-order valence-electron chi connectivity index (χ1n) is 8.60. The van der Waals surface area contributed by atoms with E-state index in [-0.39, 0.29) is 11.9 Å². The zero-order valence-corrected chi connectivity index (χ0v) is 14.2. The standard InChI is InChI=1S/C20H25N3O/c1-15(22-20(24)13-16-7-9-18(21)10-8-16)17-5-4-6-19(14-17)23-11-2-3-12-23/h4-10,14-15H,2-3,11-13,21H2,1H3,(H,22,24). The highest BCUT2D eigenvalue weighted by Crippen LogP contribution is 2.24. The predicted octanol–water partition coefficient (Wildman–Crippen LogP) is 3.29. The molecule has 0 radical (unpaired) electrons. The largest absolute Gasteiger partial charge is 0.399 e. The number of hydrogen-bond donors (Lipinski definition) is 2. The minimum Gasteiger partial charge on any atom is -0.399 e. The van der Waals surface area contributed by atoms with Crippen LogP contribution in [0.5, 0.6) is 0 Å². The first-order valence-corrected chi connectivity index (χ1v) is 8.60. The van der Waals surface area contributed by atoms with Crippen molar-refractivity contribution in [3.8, 4) is 0 Å². The van der Waals surface area contributed by atoms with E-state index in [0.717, 1.165) is 24.2 Å². The van der Waals surface area contributed by atoms with Crippen LogP contribution < -0.4 is 16.0 Å². The van der Waals surface area contributed by atoms with Crippen LogP contribution in [0.1, 0.15) is 36.9 Å². The Kier molecular flexibility index (Phi) is 5.04. The molecule has 1 unspecified atom stereocenters. The van der Waals surface area contributed by atoms with Crippen LogP contribution in [0.15, 0.2) is 48.5 Å². The van der Waals surface area contributed by atoms with Gasteiger partial charge in [-0.25, -0.2) is 0 Å². The number of nitrogens with zero attached hydrogens (tertiary/aromatic N) is 1. The summed E-state index contributed by atoms with van der Waals surface area (Å²) in [7, 11) is 0. The molecule has 1 aliphatic heterocycles. The van der Waals surface area contributed by atoms with E-state index in [2.05, 4.69) is 34.5 Å². The molecule has 0 bridgehead atoms. The van der Waals surface area contributed by atoms with Crippen LogP contribution in [-0.2, 0) is 11.2 Å². The van der Waals surface area contributed by atoms with E-state index in [0.29, 0.717) is 12.1 Å². The SMILES string of the molecule is CC(NC(=O)Cc1ccc(N)cc1)c1cccc(N2CCCC2)c1. The third-order valence-electron chi connectivity index (χ3n) is 4.56. The molecule has 1 atom stereocenters. The monoisotopic (exact) mass is 323 g/mol. The number of amides is 1. The first kappa shape index (κ1) is 16.4. The van der Waals surface area contributed by atoms with E-state index in [1.54, 1.807) is 0 Å². The van der Waals surface area contributed by atoms with E-state index in [1.807, 2.05) is 31.2 Å². The van der Waals surface area contributed by atoms with Gasteiger partial charge in [0.25, 0.3) is 0 Å². The molecule has 2 aromatic carbocycles. The van der Waals surface area contributed by atoms with Gasteiger partial charge in [0.1, 0.15) is 0 Å². The van der Waals surface area contributed by atoms with E-state index >= 15 is 0 Å². The first-order chi connectivity index (χ1) is 11.6. The molecule has 2 aromatic rings. The highest BCUT2D eigenvalue weighted by atomic mass is 16.1. The molecule has 4 nitrogen and oxygen atoms in total. The molecule has 3 N–H and O–H groups in total. The number of nitrogen functional groups attached to an aromatic ring is 1. The molecule has 1 heterocycles. The van der Waals surface area contributed by atoms with Crippen LogP contribution in [0.3, 0.4) is 0 Å². The molecule has 24 heavy (non-hydrogen) atoms. The maximum atomic E-state index is 12.3. The number of carbonyl (C=O) groups excluding carboxylic acids is 1. The molecular formula is C20H25N3O. The van der Waals surface area contributed by atoms with Crippen molar-refractivity contribution in [2.24, 2.45) is 0 Å². The Bertz CT molecular complexity index is 690. The van der Waals surface area contributed by atoms with Gasteiger partial charge in [-0.1, -0.05) is 24.3 Å². The van der Waals surface area contributed by atoms with Crippen molar-refractivity contribution >= 4 is 17.3 Å². The summed E-state index contributed by atoms with van der Waals surface area (Å²) in [5.41, 5.74) is 9.76. The van der Waals surface area contributed by atoms with Gasteiger partial charge in [-0.05, 0) is 55.2 Å². The van der Waals surface area contributed by atoms with Crippen molar-refractivity contribution < 1.29 is 4.79 Å². The molecule has 1 aliphatic rings. The van der Waals surface area contributed by atoms with Crippen molar-refractivity contribution in [1.82, 2.24) is 5.32 Å². The molecular weight excluding hydrogens is 298 g/mol. The fourth-order valence-corrected chi connectivity index (χ4v) is 3.16. The quantitative estimate of drug-likeness (QED) is 0.830. The van der Waals surface area contributed by atoms with Crippen LogP contribution in [0.25, 0.3) is 0 Å². The second-order valence-corrected chi connectivity index (χ2v) is 6.50. The van der Waals surface area contributed by atoms with Crippen molar-refractivity contribution in [3.05, 3.63) is 59.7 Å². The van der Waals surface area contributed by atoms with Crippen molar-refractivity contribution in [2.45, 2.75) is 32.2 Å². The van der Waals surface area contributed by atoms with Gasteiger partial charge in [0.15, 0.2) is 0 Å². The number of nitrogens with one attached hydrogen (secondary N) is 1. The average molecular weight is 323 g/mol. The van der Waals surface area contributed by atoms with Gasteiger partial charge < -0.3 is 16.0 Å². The van der Waals surface area contributed by atoms with Crippen LogP contribution in [-0.4, -0.2) is 19.0 Å². The van der Waals surface area contributed by atoms with Crippen molar-refractivity contribution in [1.29, 1.82) is 0 Å². The molecule has 4 heteroatoms. The fourth-order valence-electron chi connectivity index (χ4n) is 3.16. The molecule has 0 aliphatic carbocycles. The summed E-state index contributed by atoms with van der Waals surface area (Å²) in [5, 5.41) is 3.09. The van der Waals surface area contributed by atoms with Gasteiger partial charge in [0.05, 0.1) is 12.5 Å². The summed E-state index contributed by atoms with van der Waals surface area (Å²) < 4.78 is 0. The third kappa shape index (κ3) is 4.07. The summed E-state index contributed by atoms with van der Waals surface area (Å²) in [4.78, 5) is 14.7. The normalized spacial score (nSPS) is 15.3. The Morgan fingerprint density at radius 1 is 1.17 bits per heavy atom. The Morgan fingerprint density at radius 3 is 2.58 bits per heavy atom. The van der Waals surface area contributed by atoms with Crippen LogP contribution in [0, 0.1) is 0 Å². The summed E-state index contributed by atoms with van der Waals surface area (Å²) in [5.74, 6) is 0.0267. The van der Waals surface area contributed by atoms with Gasteiger partial charge >= 0.3 is 0 Å². The second kappa shape index (κ2) is 7.39. The number of hydrogen-bond acceptors (Lipinski definition) is 3.